The van der Waals surface area contributed by atoms with E-state index < -0.39 is 0 Å². The Balaban J connectivity index is 1.71. The number of benzene rings is 1. The third kappa shape index (κ3) is 3.13. The quantitative estimate of drug-likeness (QED) is 0.755. The van der Waals surface area contributed by atoms with Crippen LogP contribution >= 0.6 is 0 Å². The maximum atomic E-state index is 4.25. The number of anilines is 1. The number of aryl methyl sites for hydroxylation is 1. The maximum absolute atomic E-state index is 4.25. The van der Waals surface area contributed by atoms with E-state index >= 15 is 0 Å². The lowest BCUT2D eigenvalue weighted by Gasteiger charge is -2.10. The fourth-order valence-corrected chi connectivity index (χ4v) is 2.31. The van der Waals surface area contributed by atoms with Crippen molar-refractivity contribution in [2.75, 3.05) is 5.32 Å². The summed E-state index contributed by atoms with van der Waals surface area (Å²) in [5.74, 6) is 0. The summed E-state index contributed by atoms with van der Waals surface area (Å²) in [5.41, 5.74) is 3.32. The van der Waals surface area contributed by atoms with Crippen molar-refractivity contribution < 1.29 is 0 Å². The molecule has 1 N–H and O–H groups in total. The van der Waals surface area contributed by atoms with Gasteiger partial charge >= 0.3 is 0 Å². The van der Waals surface area contributed by atoms with Crippen molar-refractivity contribution in [2.45, 2.75) is 26.4 Å². The highest BCUT2D eigenvalue weighted by Gasteiger charge is 2.02. The Morgan fingerprint density at radius 1 is 1.24 bits per heavy atom. The number of aromatic nitrogens is 4. The predicted molar refractivity (Wildman–Crippen MR) is 83.4 cm³/mol. The number of nitrogens with zero attached hydrogens (tertiary/aromatic N) is 4. The number of hydrogen-bond donors (Lipinski definition) is 1. The second kappa shape index (κ2) is 6.26. The molecule has 0 fully saturated rings. The second-order valence-corrected chi connectivity index (χ2v) is 4.93. The van der Waals surface area contributed by atoms with Gasteiger partial charge in [0, 0.05) is 30.8 Å². The Bertz CT molecular complexity index is 684. The van der Waals surface area contributed by atoms with E-state index in [0.717, 1.165) is 30.9 Å². The summed E-state index contributed by atoms with van der Waals surface area (Å²) < 4.78 is 4.04. The van der Waals surface area contributed by atoms with Crippen molar-refractivity contribution in [3.8, 4) is 5.69 Å². The van der Waals surface area contributed by atoms with Crippen molar-refractivity contribution in [3.05, 3.63) is 60.9 Å². The van der Waals surface area contributed by atoms with Crippen LogP contribution in [0.5, 0.6) is 0 Å². The highest BCUT2D eigenvalue weighted by molar-refractivity contribution is 5.50. The minimum Gasteiger partial charge on any atom is -0.379 e. The van der Waals surface area contributed by atoms with Gasteiger partial charge in [0.25, 0.3) is 0 Å². The van der Waals surface area contributed by atoms with E-state index in [2.05, 4.69) is 39.0 Å². The third-order valence-electron chi connectivity index (χ3n) is 3.35. The van der Waals surface area contributed by atoms with Gasteiger partial charge in [-0.15, -0.1) is 0 Å². The minimum atomic E-state index is 0.766. The smallest absolute Gasteiger partial charge is 0.0948 e. The lowest BCUT2D eigenvalue weighted by atomic mass is 10.2. The largest absolute Gasteiger partial charge is 0.379 e. The number of imidazole rings is 1. The lowest BCUT2D eigenvalue weighted by Crippen LogP contribution is -2.07. The second-order valence-electron chi connectivity index (χ2n) is 4.93. The van der Waals surface area contributed by atoms with Gasteiger partial charge in [-0.05, 0) is 30.7 Å². The lowest BCUT2D eigenvalue weighted by molar-refractivity contribution is 0.651. The molecule has 0 radical (unpaired) electrons. The first-order valence-corrected chi connectivity index (χ1v) is 7.20. The molecule has 21 heavy (non-hydrogen) atoms. The number of hydrogen-bond acceptors (Lipinski definition) is 3. The van der Waals surface area contributed by atoms with Crippen LogP contribution in [0.15, 0.2) is 55.2 Å². The van der Waals surface area contributed by atoms with Crippen LogP contribution in [-0.2, 0) is 13.1 Å². The first kappa shape index (κ1) is 13.4. The van der Waals surface area contributed by atoms with Gasteiger partial charge in [-0.25, -0.2) is 9.67 Å². The summed E-state index contributed by atoms with van der Waals surface area (Å²) in [5, 5.41) is 7.70. The molecule has 3 aromatic rings. The molecule has 1 aromatic carbocycles. The minimum absolute atomic E-state index is 0.766. The van der Waals surface area contributed by atoms with E-state index in [0.29, 0.717) is 0 Å². The zero-order chi connectivity index (χ0) is 14.5. The summed E-state index contributed by atoms with van der Waals surface area (Å²) >= 11 is 0. The zero-order valence-electron chi connectivity index (χ0n) is 12.1. The van der Waals surface area contributed by atoms with Gasteiger partial charge in [0.2, 0.25) is 0 Å². The SMILES string of the molecule is CCCn1cncc1CNc1cccc(-n2cccn2)c1. The van der Waals surface area contributed by atoms with Gasteiger partial charge in [-0.3, -0.25) is 0 Å². The van der Waals surface area contributed by atoms with Crippen molar-refractivity contribution in [1.29, 1.82) is 0 Å². The van der Waals surface area contributed by atoms with Crippen LogP contribution in [0.1, 0.15) is 19.0 Å². The van der Waals surface area contributed by atoms with Crippen LogP contribution in [0.2, 0.25) is 0 Å². The summed E-state index contributed by atoms with van der Waals surface area (Å²) in [7, 11) is 0. The molecule has 2 heterocycles. The van der Waals surface area contributed by atoms with E-state index in [1.807, 2.05) is 41.6 Å². The van der Waals surface area contributed by atoms with Crippen LogP contribution in [0, 0.1) is 0 Å². The molecule has 0 unspecified atom stereocenters. The average molecular weight is 281 g/mol. The summed E-state index contributed by atoms with van der Waals surface area (Å²) in [6.07, 6.45) is 8.64. The molecule has 0 aliphatic carbocycles. The van der Waals surface area contributed by atoms with Gasteiger partial charge in [-0.1, -0.05) is 13.0 Å². The molecule has 5 heteroatoms. The highest BCUT2D eigenvalue weighted by atomic mass is 15.3. The molecule has 3 rings (SSSR count). The summed E-state index contributed by atoms with van der Waals surface area (Å²) in [6.45, 7) is 3.94. The van der Waals surface area contributed by atoms with Crippen molar-refractivity contribution >= 4 is 5.69 Å². The predicted octanol–water partition coefficient (Wildman–Crippen LogP) is 3.09. The fraction of sp³-hybridized carbons (Fsp3) is 0.250. The Kier molecular flexibility index (Phi) is 4.00. The molecule has 0 aliphatic rings. The molecule has 108 valence electrons. The van der Waals surface area contributed by atoms with E-state index in [9.17, 15) is 0 Å². The van der Waals surface area contributed by atoms with Crippen LogP contribution in [0.3, 0.4) is 0 Å². The monoisotopic (exact) mass is 281 g/mol. The molecule has 0 saturated heterocycles. The van der Waals surface area contributed by atoms with Crippen LogP contribution in [0.25, 0.3) is 5.69 Å². The summed E-state index contributed by atoms with van der Waals surface area (Å²) in [6, 6.07) is 10.1. The molecule has 0 saturated carbocycles. The molecule has 0 atom stereocenters. The first-order chi connectivity index (χ1) is 10.4. The van der Waals surface area contributed by atoms with Crippen LogP contribution in [-0.4, -0.2) is 19.3 Å². The third-order valence-corrected chi connectivity index (χ3v) is 3.35. The van der Waals surface area contributed by atoms with E-state index in [1.165, 1.54) is 5.69 Å². The van der Waals surface area contributed by atoms with Gasteiger partial charge in [0.15, 0.2) is 0 Å². The molecule has 0 aliphatic heterocycles. The number of nitrogens with one attached hydrogen (secondary N) is 1. The van der Waals surface area contributed by atoms with Gasteiger partial charge in [0.05, 0.1) is 24.3 Å². The van der Waals surface area contributed by atoms with Crippen LogP contribution in [0.4, 0.5) is 5.69 Å². The Morgan fingerprint density at radius 2 is 2.19 bits per heavy atom. The fourth-order valence-electron chi connectivity index (χ4n) is 2.31. The van der Waals surface area contributed by atoms with Gasteiger partial charge < -0.3 is 9.88 Å². The number of rotatable bonds is 6. The molecular formula is C16H19N5. The normalized spacial score (nSPS) is 10.7. The standard InChI is InChI=1S/C16H19N5/c1-2-8-20-13-17-11-16(20)12-18-14-5-3-6-15(10-14)21-9-4-7-19-21/h3-7,9-11,13,18H,2,8,12H2,1H3. The molecular weight excluding hydrogens is 262 g/mol. The van der Waals surface area contributed by atoms with E-state index in [1.54, 1.807) is 6.20 Å². The van der Waals surface area contributed by atoms with Gasteiger partial charge in [-0.2, -0.15) is 5.10 Å². The average Bonchev–Trinajstić information content (AvgIpc) is 3.18. The van der Waals surface area contributed by atoms with Crippen molar-refractivity contribution in [3.63, 3.8) is 0 Å². The van der Waals surface area contributed by atoms with Crippen molar-refractivity contribution in [2.24, 2.45) is 0 Å². The van der Waals surface area contributed by atoms with Crippen molar-refractivity contribution in [1.82, 2.24) is 19.3 Å². The Morgan fingerprint density at radius 3 is 3.00 bits per heavy atom. The Labute approximate surface area is 124 Å². The molecule has 2 aromatic heterocycles. The maximum Gasteiger partial charge on any atom is 0.0948 e. The van der Waals surface area contributed by atoms with E-state index in [4.69, 9.17) is 0 Å². The molecule has 5 nitrogen and oxygen atoms in total. The molecule has 0 spiro atoms. The van der Waals surface area contributed by atoms with Crippen LogP contribution < -0.4 is 5.32 Å². The van der Waals surface area contributed by atoms with E-state index in [-0.39, 0.29) is 0 Å². The molecule has 0 amide bonds. The zero-order valence-corrected chi connectivity index (χ0v) is 12.1. The molecule has 0 bridgehead atoms. The van der Waals surface area contributed by atoms with Gasteiger partial charge in [0.1, 0.15) is 0 Å². The first-order valence-electron chi connectivity index (χ1n) is 7.20. The topological polar surface area (TPSA) is 47.7 Å². The summed E-state index contributed by atoms with van der Waals surface area (Å²) in [4.78, 5) is 4.22. The highest BCUT2D eigenvalue weighted by Crippen LogP contribution is 2.15. The Hall–Kier alpha value is -2.56.